The van der Waals surface area contributed by atoms with E-state index in [9.17, 15) is 19.7 Å². The fraction of sp³-hybridized carbons (Fsp3) is 0.688. The van der Waals surface area contributed by atoms with Crippen molar-refractivity contribution < 1.29 is 14.5 Å². The molecule has 3 N–H and O–H groups in total. The number of nitro groups is 1. The Hall–Kier alpha value is -2.45. The lowest BCUT2D eigenvalue weighted by Gasteiger charge is -2.59. The van der Waals surface area contributed by atoms with Crippen LogP contribution in [0.2, 0.25) is 0 Å². The minimum Gasteiger partial charge on any atom is -0.368 e. The summed E-state index contributed by atoms with van der Waals surface area (Å²) in [4.78, 5) is 35.1. The zero-order valence-corrected chi connectivity index (χ0v) is 13.8. The molecular formula is C16H21N5O4. The summed E-state index contributed by atoms with van der Waals surface area (Å²) in [5.41, 5.74) is 4.62. The van der Waals surface area contributed by atoms with Gasteiger partial charge in [-0.3, -0.25) is 24.4 Å². The van der Waals surface area contributed by atoms with Gasteiger partial charge in [0.05, 0.1) is 4.92 Å². The van der Waals surface area contributed by atoms with E-state index in [4.69, 9.17) is 5.73 Å². The maximum Gasteiger partial charge on any atom is 0.307 e. The first-order valence-corrected chi connectivity index (χ1v) is 8.66. The summed E-state index contributed by atoms with van der Waals surface area (Å²) in [6.07, 6.45) is 7.26. The van der Waals surface area contributed by atoms with Gasteiger partial charge in [0.1, 0.15) is 24.5 Å². The number of hydrogen-bond acceptors (Lipinski definition) is 5. The van der Waals surface area contributed by atoms with Crippen LogP contribution >= 0.6 is 0 Å². The number of hydrogen-bond donors (Lipinski definition) is 2. The van der Waals surface area contributed by atoms with Crippen molar-refractivity contribution in [2.75, 3.05) is 0 Å². The van der Waals surface area contributed by atoms with Gasteiger partial charge in [0.2, 0.25) is 11.8 Å². The number of nitrogens with one attached hydrogen (secondary N) is 1. The first-order chi connectivity index (χ1) is 11.9. The molecule has 0 aromatic carbocycles. The second-order valence-corrected chi connectivity index (χ2v) is 7.74. The molecule has 0 atom stereocenters. The second kappa shape index (κ2) is 5.53. The highest BCUT2D eigenvalue weighted by Gasteiger charge is 2.61. The summed E-state index contributed by atoms with van der Waals surface area (Å²) in [5.74, 6) is 0.626. The minimum absolute atomic E-state index is 0.0946. The number of amides is 2. The van der Waals surface area contributed by atoms with Gasteiger partial charge in [-0.1, -0.05) is 0 Å². The molecule has 0 saturated heterocycles. The molecule has 4 aliphatic carbocycles. The van der Waals surface area contributed by atoms with Gasteiger partial charge >= 0.3 is 5.69 Å². The number of carbonyl (C=O) groups is 2. The Bertz CT molecular complexity index is 715. The van der Waals surface area contributed by atoms with Gasteiger partial charge in [-0.15, -0.1) is 0 Å². The van der Waals surface area contributed by atoms with Crippen LogP contribution in [0, 0.1) is 33.8 Å². The van der Waals surface area contributed by atoms with E-state index in [1.165, 1.54) is 17.3 Å². The number of primary amides is 1. The van der Waals surface area contributed by atoms with Crippen molar-refractivity contribution in [2.45, 2.75) is 44.2 Å². The molecule has 0 unspecified atom stereocenters. The Labute approximate surface area is 144 Å². The van der Waals surface area contributed by atoms with E-state index in [-0.39, 0.29) is 30.0 Å². The molecule has 4 bridgehead atoms. The molecule has 4 aliphatic rings. The second-order valence-electron chi connectivity index (χ2n) is 7.74. The van der Waals surface area contributed by atoms with E-state index < -0.39 is 16.4 Å². The molecule has 0 radical (unpaired) electrons. The van der Waals surface area contributed by atoms with E-state index in [2.05, 4.69) is 10.4 Å². The van der Waals surface area contributed by atoms with Crippen LogP contribution in [0.25, 0.3) is 0 Å². The van der Waals surface area contributed by atoms with Crippen LogP contribution in [-0.2, 0) is 16.1 Å². The van der Waals surface area contributed by atoms with E-state index in [0.29, 0.717) is 11.8 Å². The Morgan fingerprint density at radius 2 is 1.88 bits per heavy atom. The average Bonchev–Trinajstić information content (AvgIpc) is 2.98. The van der Waals surface area contributed by atoms with E-state index >= 15 is 0 Å². The molecule has 4 fully saturated rings. The molecule has 9 nitrogen and oxygen atoms in total. The minimum atomic E-state index is -0.983. The molecule has 2 amide bonds. The molecule has 134 valence electrons. The molecular weight excluding hydrogens is 326 g/mol. The van der Waals surface area contributed by atoms with Gasteiger partial charge in [0.15, 0.2) is 0 Å². The first kappa shape index (κ1) is 16.0. The summed E-state index contributed by atoms with van der Waals surface area (Å²) in [7, 11) is 0. The maximum atomic E-state index is 12.5. The predicted octanol–water partition coefficient (Wildman–Crippen LogP) is 0.588. The Morgan fingerprint density at radius 1 is 1.28 bits per heavy atom. The van der Waals surface area contributed by atoms with Gasteiger partial charge in [0, 0.05) is 0 Å². The molecule has 1 heterocycles. The Morgan fingerprint density at radius 3 is 2.36 bits per heavy atom. The van der Waals surface area contributed by atoms with Gasteiger partial charge in [-0.05, 0) is 55.8 Å². The summed E-state index contributed by atoms with van der Waals surface area (Å²) in [6.45, 7) is -0.171. The van der Waals surface area contributed by atoms with Crippen LogP contribution in [0.15, 0.2) is 12.4 Å². The number of nitrogens with zero attached hydrogens (tertiary/aromatic N) is 3. The quantitative estimate of drug-likeness (QED) is 0.594. The third-order valence-corrected chi connectivity index (χ3v) is 6.32. The summed E-state index contributed by atoms with van der Waals surface area (Å²) < 4.78 is 1.21. The predicted molar refractivity (Wildman–Crippen MR) is 86.0 cm³/mol. The third kappa shape index (κ3) is 2.49. The molecule has 9 heteroatoms. The summed E-state index contributed by atoms with van der Waals surface area (Å²) in [5, 5.41) is 17.5. The van der Waals surface area contributed by atoms with Crippen molar-refractivity contribution in [1.82, 2.24) is 15.1 Å². The standard InChI is InChI=1S/C16H21N5O4/c17-15(23)16(11-2-9-1-10(4-11)5-12(16)3-9)19-14(22)8-20-7-13(6-18-20)21(24)25/h6-7,9-12H,1-5,8H2,(H2,17,23)(H,19,22). The molecule has 0 aliphatic heterocycles. The lowest BCUT2D eigenvalue weighted by atomic mass is 9.48. The van der Waals surface area contributed by atoms with Crippen molar-refractivity contribution in [2.24, 2.45) is 29.4 Å². The molecule has 25 heavy (non-hydrogen) atoms. The highest BCUT2D eigenvalue weighted by atomic mass is 16.6. The fourth-order valence-corrected chi connectivity index (χ4v) is 5.55. The van der Waals surface area contributed by atoms with Gasteiger partial charge in [-0.25, -0.2) is 0 Å². The molecule has 0 spiro atoms. The van der Waals surface area contributed by atoms with Crippen LogP contribution in [0.5, 0.6) is 0 Å². The molecule has 1 aromatic rings. The molecule has 5 rings (SSSR count). The van der Waals surface area contributed by atoms with Crippen LogP contribution in [-0.4, -0.2) is 32.1 Å². The number of rotatable bonds is 5. The highest BCUT2D eigenvalue weighted by Crippen LogP contribution is 2.58. The zero-order chi connectivity index (χ0) is 17.8. The lowest BCUT2D eigenvalue weighted by molar-refractivity contribution is -0.385. The van der Waals surface area contributed by atoms with Crippen molar-refractivity contribution in [3.63, 3.8) is 0 Å². The highest BCUT2D eigenvalue weighted by molar-refractivity contribution is 5.91. The summed E-state index contributed by atoms with van der Waals surface area (Å²) >= 11 is 0. The lowest BCUT2D eigenvalue weighted by Crippen LogP contribution is -2.72. The zero-order valence-electron chi connectivity index (χ0n) is 13.8. The van der Waals surface area contributed by atoms with E-state index in [0.717, 1.165) is 31.9 Å². The Kier molecular flexibility index (Phi) is 3.55. The number of carbonyl (C=O) groups excluding carboxylic acids is 2. The van der Waals surface area contributed by atoms with Gasteiger partial charge < -0.3 is 11.1 Å². The van der Waals surface area contributed by atoms with Gasteiger partial charge in [-0.2, -0.15) is 5.10 Å². The normalized spacial score (nSPS) is 35.5. The van der Waals surface area contributed by atoms with Gasteiger partial charge in [0.25, 0.3) is 0 Å². The van der Waals surface area contributed by atoms with E-state index in [1.54, 1.807) is 0 Å². The van der Waals surface area contributed by atoms with Crippen molar-refractivity contribution in [3.05, 3.63) is 22.5 Å². The molecule has 1 aromatic heterocycles. The molecule has 4 saturated carbocycles. The van der Waals surface area contributed by atoms with E-state index in [1.807, 2.05) is 0 Å². The fourth-order valence-electron chi connectivity index (χ4n) is 5.55. The largest absolute Gasteiger partial charge is 0.368 e. The first-order valence-electron chi connectivity index (χ1n) is 8.66. The topological polar surface area (TPSA) is 133 Å². The summed E-state index contributed by atoms with van der Waals surface area (Å²) in [6, 6.07) is 0. The van der Waals surface area contributed by atoms with Crippen molar-refractivity contribution >= 4 is 17.5 Å². The van der Waals surface area contributed by atoms with Crippen molar-refractivity contribution in [1.29, 1.82) is 0 Å². The average molecular weight is 347 g/mol. The maximum absolute atomic E-state index is 12.5. The SMILES string of the molecule is NC(=O)C1(NC(=O)Cn2cc([N+](=O)[O-])cn2)C2CC3CC(C2)CC1C3. The third-order valence-electron chi connectivity index (χ3n) is 6.32. The monoisotopic (exact) mass is 347 g/mol. The number of nitrogens with two attached hydrogens (primary N) is 1. The van der Waals surface area contributed by atoms with Crippen LogP contribution < -0.4 is 11.1 Å². The smallest absolute Gasteiger partial charge is 0.307 e. The van der Waals surface area contributed by atoms with Crippen molar-refractivity contribution in [3.8, 4) is 0 Å². The van der Waals surface area contributed by atoms with Crippen LogP contribution in [0.4, 0.5) is 5.69 Å². The number of aromatic nitrogens is 2. The van der Waals surface area contributed by atoms with Crippen LogP contribution in [0.1, 0.15) is 32.1 Å². The van der Waals surface area contributed by atoms with Crippen LogP contribution in [0.3, 0.4) is 0 Å². The Balaban J connectivity index is 1.53.